The number of benzene rings is 3. The monoisotopic (exact) mass is 525 g/mol. The highest BCUT2D eigenvalue weighted by Crippen LogP contribution is 2.46. The number of fused-ring (bicyclic) bond motifs is 3. The van der Waals surface area contributed by atoms with Crippen LogP contribution in [-0.2, 0) is 17.6 Å². The molecule has 0 bridgehead atoms. The molecule has 4 heteroatoms. The van der Waals surface area contributed by atoms with E-state index >= 15 is 0 Å². The maximum absolute atomic E-state index is 14.2. The van der Waals surface area contributed by atoms with E-state index in [1.54, 1.807) is 25.3 Å². The van der Waals surface area contributed by atoms with Crippen molar-refractivity contribution in [2.75, 3.05) is 12.4 Å². The van der Waals surface area contributed by atoms with Gasteiger partial charge in [-0.2, -0.15) is 0 Å². The Balaban J connectivity index is 1.33. The zero-order chi connectivity index (χ0) is 27.0. The number of carbonyl (C=O) groups is 1. The van der Waals surface area contributed by atoms with Gasteiger partial charge >= 0.3 is 0 Å². The van der Waals surface area contributed by atoms with Crippen LogP contribution in [0.4, 0.5) is 10.1 Å². The normalized spacial score (nSPS) is 21.2. The minimum Gasteiger partial charge on any atom is -0.497 e. The van der Waals surface area contributed by atoms with Crippen LogP contribution in [0.25, 0.3) is 0 Å². The number of rotatable bonds is 7. The molecule has 3 aromatic rings. The van der Waals surface area contributed by atoms with Gasteiger partial charge in [-0.15, -0.1) is 0 Å². The molecule has 0 fully saturated rings. The van der Waals surface area contributed by atoms with Crippen LogP contribution < -0.4 is 10.1 Å². The molecule has 2 aliphatic rings. The SMILES string of the molecule is COc1ccc2c(c1)CC1CC(CCCc3ccccc3)CCCC(C(=O)Nc3ccccc3F)=CCCC21. The molecule has 5 rings (SSSR count). The average Bonchev–Trinajstić information content (AvgIpc) is 3.27. The Morgan fingerprint density at radius 3 is 2.67 bits per heavy atom. The van der Waals surface area contributed by atoms with Gasteiger partial charge in [-0.05, 0) is 110 Å². The summed E-state index contributed by atoms with van der Waals surface area (Å²) in [4.78, 5) is 13.2. The van der Waals surface area contributed by atoms with Crippen LogP contribution in [0.3, 0.4) is 0 Å². The topological polar surface area (TPSA) is 38.3 Å². The van der Waals surface area contributed by atoms with Gasteiger partial charge in [0, 0.05) is 5.57 Å². The molecule has 0 aromatic heterocycles. The molecule has 3 aromatic carbocycles. The van der Waals surface area contributed by atoms with Crippen molar-refractivity contribution in [2.45, 2.75) is 70.1 Å². The number of amides is 1. The average molecular weight is 526 g/mol. The van der Waals surface area contributed by atoms with Crippen LogP contribution in [0, 0.1) is 17.7 Å². The molecule has 0 heterocycles. The van der Waals surface area contributed by atoms with E-state index in [0.717, 1.165) is 56.3 Å². The van der Waals surface area contributed by atoms with Gasteiger partial charge < -0.3 is 10.1 Å². The van der Waals surface area contributed by atoms with Gasteiger partial charge in [0.25, 0.3) is 5.91 Å². The van der Waals surface area contributed by atoms with Crippen molar-refractivity contribution >= 4 is 11.6 Å². The Morgan fingerprint density at radius 1 is 1.03 bits per heavy atom. The van der Waals surface area contributed by atoms with E-state index in [9.17, 15) is 9.18 Å². The predicted octanol–water partition coefficient (Wildman–Crippen LogP) is 8.65. The molecule has 204 valence electrons. The molecule has 2 aliphatic carbocycles. The molecule has 3 atom stereocenters. The highest BCUT2D eigenvalue weighted by atomic mass is 19.1. The van der Waals surface area contributed by atoms with Crippen LogP contribution >= 0.6 is 0 Å². The summed E-state index contributed by atoms with van der Waals surface area (Å²) < 4.78 is 19.8. The van der Waals surface area contributed by atoms with Crippen LogP contribution in [0.5, 0.6) is 5.75 Å². The van der Waals surface area contributed by atoms with Crippen molar-refractivity contribution in [2.24, 2.45) is 11.8 Å². The number of halogens is 1. The second-order valence-electron chi connectivity index (χ2n) is 11.2. The summed E-state index contributed by atoms with van der Waals surface area (Å²) in [6.07, 6.45) is 12.7. The molecular formula is C35H40FNO2. The van der Waals surface area contributed by atoms with E-state index in [-0.39, 0.29) is 11.6 Å². The van der Waals surface area contributed by atoms with Crippen LogP contribution in [0.15, 0.2) is 84.4 Å². The zero-order valence-corrected chi connectivity index (χ0v) is 23.0. The van der Waals surface area contributed by atoms with Crippen molar-refractivity contribution in [1.29, 1.82) is 0 Å². The number of para-hydroxylation sites is 1. The molecular weight excluding hydrogens is 485 g/mol. The highest BCUT2D eigenvalue weighted by molar-refractivity contribution is 6.03. The molecule has 0 saturated heterocycles. The number of hydrogen-bond donors (Lipinski definition) is 1. The first-order valence-corrected chi connectivity index (χ1v) is 14.6. The summed E-state index contributed by atoms with van der Waals surface area (Å²) in [5.41, 5.74) is 5.31. The van der Waals surface area contributed by atoms with Gasteiger partial charge in [0.2, 0.25) is 0 Å². The summed E-state index contributed by atoms with van der Waals surface area (Å²) in [6.45, 7) is 0. The van der Waals surface area contributed by atoms with E-state index in [4.69, 9.17) is 4.74 Å². The largest absolute Gasteiger partial charge is 0.497 e. The van der Waals surface area contributed by atoms with Gasteiger partial charge in [-0.25, -0.2) is 4.39 Å². The lowest BCUT2D eigenvalue weighted by Crippen LogP contribution is -2.16. The number of ether oxygens (including phenoxy) is 1. The third kappa shape index (κ3) is 6.98. The number of allylic oxidation sites excluding steroid dienone is 1. The number of anilines is 1. The predicted molar refractivity (Wildman–Crippen MR) is 157 cm³/mol. The zero-order valence-electron chi connectivity index (χ0n) is 23.0. The third-order valence-electron chi connectivity index (χ3n) is 8.70. The number of nitrogens with one attached hydrogen (secondary N) is 1. The molecule has 39 heavy (non-hydrogen) atoms. The van der Waals surface area contributed by atoms with Crippen LogP contribution in [0.1, 0.15) is 74.0 Å². The molecule has 1 N–H and O–H groups in total. The number of carbonyl (C=O) groups excluding carboxylic acids is 1. The number of hydrogen-bond acceptors (Lipinski definition) is 2. The van der Waals surface area contributed by atoms with E-state index < -0.39 is 5.82 Å². The van der Waals surface area contributed by atoms with Gasteiger partial charge in [0.05, 0.1) is 12.8 Å². The van der Waals surface area contributed by atoms with E-state index in [2.05, 4.69) is 59.9 Å². The highest BCUT2D eigenvalue weighted by Gasteiger charge is 2.34. The Bertz CT molecular complexity index is 1280. The molecule has 0 radical (unpaired) electrons. The van der Waals surface area contributed by atoms with Crippen molar-refractivity contribution in [3.8, 4) is 5.75 Å². The molecule has 0 spiro atoms. The van der Waals surface area contributed by atoms with E-state index in [0.29, 0.717) is 17.8 Å². The lowest BCUT2D eigenvalue weighted by Gasteiger charge is -2.25. The van der Waals surface area contributed by atoms with Crippen LogP contribution in [-0.4, -0.2) is 13.0 Å². The molecule has 3 nitrogen and oxygen atoms in total. The standard InChI is InChI=1S/C35H40FNO2/c1-39-30-20-21-32-29(24-30)23-28-22-26(13-7-12-25-10-3-2-4-11-25)14-8-15-27(16-9-17-31(28)32)35(38)37-34-19-6-5-18-33(34)36/h2-6,10-11,16,18-21,24,26,28,31H,7-9,12-15,17,22-23H2,1H3,(H,37,38). The summed E-state index contributed by atoms with van der Waals surface area (Å²) in [5.74, 6) is 2.10. The van der Waals surface area contributed by atoms with E-state index in [1.807, 2.05) is 0 Å². The quantitative estimate of drug-likeness (QED) is 0.335. The lowest BCUT2D eigenvalue weighted by molar-refractivity contribution is -0.113. The van der Waals surface area contributed by atoms with Crippen molar-refractivity contribution in [3.05, 3.63) is 107 Å². The van der Waals surface area contributed by atoms with Crippen molar-refractivity contribution in [1.82, 2.24) is 0 Å². The first kappa shape index (κ1) is 27.2. The van der Waals surface area contributed by atoms with Crippen molar-refractivity contribution in [3.63, 3.8) is 0 Å². The van der Waals surface area contributed by atoms with E-state index in [1.165, 1.54) is 42.0 Å². The van der Waals surface area contributed by atoms with Gasteiger partial charge in [0.15, 0.2) is 0 Å². The Morgan fingerprint density at radius 2 is 1.85 bits per heavy atom. The number of methoxy groups -OCH3 is 1. The van der Waals surface area contributed by atoms with Gasteiger partial charge in [-0.1, -0.05) is 67.4 Å². The Hall–Kier alpha value is -3.40. The molecule has 0 aliphatic heterocycles. The Labute approximate surface area is 232 Å². The summed E-state index contributed by atoms with van der Waals surface area (Å²) in [7, 11) is 1.74. The fourth-order valence-corrected chi connectivity index (χ4v) is 6.70. The smallest absolute Gasteiger partial charge is 0.251 e. The second-order valence-corrected chi connectivity index (χ2v) is 11.2. The maximum Gasteiger partial charge on any atom is 0.251 e. The minimum atomic E-state index is -0.401. The Kier molecular flexibility index (Phi) is 9.13. The third-order valence-corrected chi connectivity index (χ3v) is 8.70. The lowest BCUT2D eigenvalue weighted by atomic mass is 9.79. The molecule has 0 saturated carbocycles. The van der Waals surface area contributed by atoms with Gasteiger partial charge in [-0.3, -0.25) is 4.79 Å². The maximum atomic E-state index is 14.2. The first-order valence-electron chi connectivity index (χ1n) is 14.6. The summed E-state index contributed by atoms with van der Waals surface area (Å²) in [5, 5.41) is 2.82. The van der Waals surface area contributed by atoms with Crippen LogP contribution in [0.2, 0.25) is 0 Å². The first-order chi connectivity index (χ1) is 19.1. The fraction of sp³-hybridized carbons (Fsp3) is 0.400. The summed E-state index contributed by atoms with van der Waals surface area (Å²) >= 11 is 0. The second kappa shape index (κ2) is 13.1. The van der Waals surface area contributed by atoms with Gasteiger partial charge in [0.1, 0.15) is 11.6 Å². The fourth-order valence-electron chi connectivity index (χ4n) is 6.70. The molecule has 3 unspecified atom stereocenters. The van der Waals surface area contributed by atoms with Crippen molar-refractivity contribution < 1.29 is 13.9 Å². The summed E-state index contributed by atoms with van der Waals surface area (Å²) in [6, 6.07) is 23.7. The molecule has 1 amide bonds. The number of aryl methyl sites for hydroxylation is 1. The minimum absolute atomic E-state index is 0.173.